The Balaban J connectivity index is 2.17. The highest BCUT2D eigenvalue weighted by Gasteiger charge is 2.39. The number of thiol groups is 1. The quantitative estimate of drug-likeness (QED) is 0.684. The van der Waals surface area contributed by atoms with Crippen molar-refractivity contribution in [2.45, 2.75) is 11.8 Å². The predicted molar refractivity (Wildman–Crippen MR) is 51.8 cm³/mol. The molecule has 1 aromatic heterocycles. The number of rotatable bonds is 3. The zero-order valence-electron chi connectivity index (χ0n) is 6.92. The van der Waals surface area contributed by atoms with Crippen molar-refractivity contribution in [2.75, 3.05) is 19.0 Å². The molecule has 2 heterocycles. The predicted octanol–water partition coefficient (Wildman–Crippen LogP) is 1.60. The summed E-state index contributed by atoms with van der Waals surface area (Å²) < 4.78 is 5.27. The average Bonchev–Trinajstić information content (AvgIpc) is 2.48. The van der Waals surface area contributed by atoms with Crippen LogP contribution in [0.4, 0.5) is 0 Å². The molecule has 12 heavy (non-hydrogen) atoms. The Morgan fingerprint density at radius 3 is 2.83 bits per heavy atom. The number of H-pyrrole nitrogens is 1. The molecule has 0 spiro atoms. The van der Waals surface area contributed by atoms with Crippen LogP contribution in [0, 0.1) is 0 Å². The van der Waals surface area contributed by atoms with E-state index in [2.05, 4.69) is 29.9 Å². The number of ether oxygens (including phenoxy) is 1. The smallest absolute Gasteiger partial charge is 0.0586 e. The van der Waals surface area contributed by atoms with Crippen LogP contribution in [0.25, 0.3) is 0 Å². The fourth-order valence-electron chi connectivity index (χ4n) is 1.67. The second-order valence-electron chi connectivity index (χ2n) is 3.35. The zero-order chi connectivity index (χ0) is 8.44. The van der Waals surface area contributed by atoms with Crippen LogP contribution < -0.4 is 0 Å². The summed E-state index contributed by atoms with van der Waals surface area (Å²) in [6.45, 7) is 1.71. The molecule has 1 saturated heterocycles. The molecule has 66 valence electrons. The van der Waals surface area contributed by atoms with Crippen LogP contribution >= 0.6 is 12.6 Å². The Kier molecular flexibility index (Phi) is 2.15. The van der Waals surface area contributed by atoms with Gasteiger partial charge in [-0.2, -0.15) is 12.6 Å². The first-order valence-electron chi connectivity index (χ1n) is 4.19. The normalized spacial score (nSPS) is 20.4. The van der Waals surface area contributed by atoms with Gasteiger partial charge in [0.05, 0.1) is 13.2 Å². The summed E-state index contributed by atoms with van der Waals surface area (Å²) in [6.07, 6.45) is 5.13. The molecule has 1 aliphatic heterocycles. The Hall–Kier alpha value is -0.410. The topological polar surface area (TPSA) is 25.0 Å². The number of aromatic nitrogens is 1. The van der Waals surface area contributed by atoms with Gasteiger partial charge in [0.1, 0.15) is 0 Å². The highest BCUT2D eigenvalue weighted by Crippen LogP contribution is 2.35. The molecule has 2 rings (SSSR count). The lowest BCUT2D eigenvalue weighted by molar-refractivity contribution is -0.0613. The SMILES string of the molecule is SCCC1(c2cc[nH]c2)COC1. The van der Waals surface area contributed by atoms with Gasteiger partial charge in [-0.05, 0) is 23.8 Å². The maximum absolute atomic E-state index is 5.27. The second-order valence-corrected chi connectivity index (χ2v) is 3.79. The lowest BCUT2D eigenvalue weighted by atomic mass is 9.78. The summed E-state index contributed by atoms with van der Waals surface area (Å²) in [6, 6.07) is 2.13. The molecule has 0 saturated carbocycles. The zero-order valence-corrected chi connectivity index (χ0v) is 7.81. The standard InChI is InChI=1S/C9H13NOS/c12-4-2-9(6-11-7-9)8-1-3-10-5-8/h1,3,5,10,12H,2,4,6-7H2. The molecular formula is C9H13NOS. The summed E-state index contributed by atoms with van der Waals surface area (Å²) in [5.41, 5.74) is 1.63. The molecule has 0 unspecified atom stereocenters. The molecule has 0 aromatic carbocycles. The highest BCUT2D eigenvalue weighted by molar-refractivity contribution is 7.80. The van der Waals surface area contributed by atoms with E-state index in [1.807, 2.05) is 6.20 Å². The van der Waals surface area contributed by atoms with E-state index in [4.69, 9.17) is 4.74 Å². The Morgan fingerprint density at radius 1 is 1.58 bits per heavy atom. The van der Waals surface area contributed by atoms with Crippen LogP contribution in [0.3, 0.4) is 0 Å². The minimum Gasteiger partial charge on any atom is -0.379 e. The van der Waals surface area contributed by atoms with Gasteiger partial charge in [-0.25, -0.2) is 0 Å². The molecule has 1 aliphatic rings. The van der Waals surface area contributed by atoms with Crippen LogP contribution in [-0.2, 0) is 10.2 Å². The number of hydrogen-bond acceptors (Lipinski definition) is 2. The van der Waals surface area contributed by atoms with Crippen molar-refractivity contribution in [3.05, 3.63) is 24.0 Å². The van der Waals surface area contributed by atoms with Crippen LogP contribution in [0.1, 0.15) is 12.0 Å². The summed E-state index contributed by atoms with van der Waals surface area (Å²) in [5, 5.41) is 0. The molecule has 0 bridgehead atoms. The van der Waals surface area contributed by atoms with Crippen molar-refractivity contribution in [3.63, 3.8) is 0 Å². The van der Waals surface area contributed by atoms with Gasteiger partial charge in [0.2, 0.25) is 0 Å². The molecule has 0 radical (unpaired) electrons. The number of hydrogen-bond donors (Lipinski definition) is 2. The van der Waals surface area contributed by atoms with Crippen molar-refractivity contribution in [3.8, 4) is 0 Å². The third-order valence-electron chi connectivity index (χ3n) is 2.56. The minimum absolute atomic E-state index is 0.266. The van der Waals surface area contributed by atoms with E-state index in [9.17, 15) is 0 Å². The van der Waals surface area contributed by atoms with E-state index in [-0.39, 0.29) is 5.41 Å². The van der Waals surface area contributed by atoms with Crippen molar-refractivity contribution in [1.29, 1.82) is 0 Å². The maximum Gasteiger partial charge on any atom is 0.0586 e. The number of aromatic amines is 1. The molecule has 1 fully saturated rings. The summed E-state index contributed by atoms with van der Waals surface area (Å²) in [4.78, 5) is 3.08. The fourth-order valence-corrected chi connectivity index (χ4v) is 2.10. The van der Waals surface area contributed by atoms with E-state index in [0.29, 0.717) is 0 Å². The van der Waals surface area contributed by atoms with Gasteiger partial charge in [-0.15, -0.1) is 0 Å². The summed E-state index contributed by atoms with van der Waals surface area (Å²) in [7, 11) is 0. The van der Waals surface area contributed by atoms with E-state index >= 15 is 0 Å². The van der Waals surface area contributed by atoms with Crippen molar-refractivity contribution in [1.82, 2.24) is 4.98 Å². The Morgan fingerprint density at radius 2 is 2.42 bits per heavy atom. The monoisotopic (exact) mass is 183 g/mol. The van der Waals surface area contributed by atoms with E-state index in [1.54, 1.807) is 0 Å². The van der Waals surface area contributed by atoms with Crippen LogP contribution in [0.5, 0.6) is 0 Å². The molecule has 0 amide bonds. The molecule has 3 heteroatoms. The van der Waals surface area contributed by atoms with E-state index < -0.39 is 0 Å². The first-order valence-corrected chi connectivity index (χ1v) is 4.82. The van der Waals surface area contributed by atoms with E-state index in [1.165, 1.54) is 5.56 Å². The van der Waals surface area contributed by atoms with Crippen LogP contribution in [0.15, 0.2) is 18.5 Å². The van der Waals surface area contributed by atoms with Gasteiger partial charge in [-0.1, -0.05) is 0 Å². The second kappa shape index (κ2) is 3.15. The first-order chi connectivity index (χ1) is 5.87. The molecule has 0 atom stereocenters. The highest BCUT2D eigenvalue weighted by atomic mass is 32.1. The van der Waals surface area contributed by atoms with Gasteiger partial charge in [-0.3, -0.25) is 0 Å². The van der Waals surface area contributed by atoms with Crippen molar-refractivity contribution in [2.24, 2.45) is 0 Å². The molecule has 1 aromatic rings. The molecule has 2 nitrogen and oxygen atoms in total. The lowest BCUT2D eigenvalue weighted by Crippen LogP contribution is -2.46. The largest absolute Gasteiger partial charge is 0.379 e. The molecule has 0 aliphatic carbocycles. The maximum atomic E-state index is 5.27. The Bertz CT molecular complexity index is 241. The van der Waals surface area contributed by atoms with Gasteiger partial charge in [0.25, 0.3) is 0 Å². The summed E-state index contributed by atoms with van der Waals surface area (Å²) >= 11 is 4.27. The van der Waals surface area contributed by atoms with Gasteiger partial charge >= 0.3 is 0 Å². The van der Waals surface area contributed by atoms with Crippen molar-refractivity contribution >= 4 is 12.6 Å². The molecular weight excluding hydrogens is 170 g/mol. The number of nitrogens with one attached hydrogen (secondary N) is 1. The van der Waals surface area contributed by atoms with Crippen LogP contribution in [0.2, 0.25) is 0 Å². The summed E-state index contributed by atoms with van der Waals surface area (Å²) in [5.74, 6) is 0.925. The molecule has 1 N–H and O–H groups in total. The lowest BCUT2D eigenvalue weighted by Gasteiger charge is -2.41. The third-order valence-corrected chi connectivity index (χ3v) is 2.78. The average molecular weight is 183 g/mol. The van der Waals surface area contributed by atoms with Crippen LogP contribution in [-0.4, -0.2) is 24.0 Å². The van der Waals surface area contributed by atoms with Crippen molar-refractivity contribution < 1.29 is 4.74 Å². The third kappa shape index (κ3) is 1.17. The minimum atomic E-state index is 0.266. The first kappa shape index (κ1) is 8.20. The van der Waals surface area contributed by atoms with E-state index in [0.717, 1.165) is 25.4 Å². The van der Waals surface area contributed by atoms with Gasteiger partial charge in [0.15, 0.2) is 0 Å². The van der Waals surface area contributed by atoms with Gasteiger partial charge in [0, 0.05) is 17.8 Å². The van der Waals surface area contributed by atoms with Gasteiger partial charge < -0.3 is 9.72 Å². The Labute approximate surface area is 77.7 Å². The fraction of sp³-hybridized carbons (Fsp3) is 0.556.